The molecular formula is C20H16ClN3O8. The monoisotopic (exact) mass is 461 g/mol. The Labute approximate surface area is 186 Å². The number of amides is 1. The molecule has 0 saturated heterocycles. The summed E-state index contributed by atoms with van der Waals surface area (Å²) in [5, 5.41) is 16.4. The van der Waals surface area contributed by atoms with Gasteiger partial charge in [0.25, 0.3) is 5.69 Å². The lowest BCUT2D eigenvalue weighted by Gasteiger charge is -2.20. The lowest BCUT2D eigenvalue weighted by atomic mass is 10.1. The number of halogens is 1. The van der Waals surface area contributed by atoms with Gasteiger partial charge in [-0.3, -0.25) is 24.5 Å². The normalized spacial score (nSPS) is 14.9. The molecule has 11 nitrogen and oxygen atoms in total. The van der Waals surface area contributed by atoms with E-state index in [0.717, 1.165) is 5.01 Å². The average Bonchev–Trinajstić information content (AvgIpc) is 3.12. The first-order valence-electron chi connectivity index (χ1n) is 9.06. The van der Waals surface area contributed by atoms with Gasteiger partial charge in [0.1, 0.15) is 11.5 Å². The topological polar surface area (TPSA) is 138 Å². The number of carbonyl (C=O) groups excluding carboxylic acids is 3. The minimum atomic E-state index is -1.19. The average molecular weight is 462 g/mol. The first-order valence-corrected chi connectivity index (χ1v) is 9.44. The van der Waals surface area contributed by atoms with Crippen molar-refractivity contribution in [3.05, 3.63) is 62.7 Å². The molecule has 3 rings (SSSR count). The summed E-state index contributed by atoms with van der Waals surface area (Å²) in [5.74, 6) is -1.75. The van der Waals surface area contributed by atoms with Crippen molar-refractivity contribution < 1.29 is 33.5 Å². The molecule has 166 valence electrons. The Morgan fingerprint density at radius 2 is 1.66 bits per heavy atom. The van der Waals surface area contributed by atoms with Crippen LogP contribution in [0.4, 0.5) is 5.69 Å². The third-order valence-corrected chi connectivity index (χ3v) is 4.42. The van der Waals surface area contributed by atoms with Crippen LogP contribution in [0.5, 0.6) is 11.5 Å². The maximum absolute atomic E-state index is 12.2. The highest BCUT2D eigenvalue weighted by molar-refractivity contribution is 6.31. The summed E-state index contributed by atoms with van der Waals surface area (Å²) in [7, 11) is 0. The number of ether oxygens (including phenoxy) is 3. The number of esters is 2. The zero-order chi connectivity index (χ0) is 23.6. The Hall–Kier alpha value is -3.99. The molecule has 0 N–H and O–H groups in total. The Balaban J connectivity index is 2.04. The van der Waals surface area contributed by atoms with E-state index < -0.39 is 29.0 Å². The zero-order valence-electron chi connectivity index (χ0n) is 17.0. The van der Waals surface area contributed by atoms with Crippen LogP contribution in [0, 0.1) is 10.1 Å². The van der Waals surface area contributed by atoms with E-state index in [4.69, 9.17) is 25.8 Å². The van der Waals surface area contributed by atoms with Crippen LogP contribution >= 0.6 is 11.6 Å². The minimum Gasteiger partial charge on any atom is -0.446 e. The fourth-order valence-electron chi connectivity index (χ4n) is 2.87. The molecule has 1 atom stereocenters. The number of benzene rings is 2. The second-order valence-corrected chi connectivity index (χ2v) is 6.99. The van der Waals surface area contributed by atoms with Gasteiger partial charge in [0.2, 0.25) is 18.0 Å². The van der Waals surface area contributed by atoms with E-state index in [1.807, 2.05) is 0 Å². The molecule has 2 aromatic rings. The summed E-state index contributed by atoms with van der Waals surface area (Å²) in [6.45, 7) is 3.62. The molecule has 2 aromatic carbocycles. The van der Waals surface area contributed by atoms with Crippen LogP contribution < -0.4 is 9.47 Å². The molecule has 32 heavy (non-hydrogen) atoms. The molecule has 0 radical (unpaired) electrons. The van der Waals surface area contributed by atoms with E-state index in [1.165, 1.54) is 57.2 Å². The van der Waals surface area contributed by atoms with Gasteiger partial charge < -0.3 is 14.2 Å². The second kappa shape index (κ2) is 9.02. The molecule has 1 aliphatic heterocycles. The lowest BCUT2D eigenvalue weighted by Crippen LogP contribution is -2.25. The Morgan fingerprint density at radius 3 is 2.16 bits per heavy atom. The molecule has 0 bridgehead atoms. The second-order valence-electron chi connectivity index (χ2n) is 6.58. The van der Waals surface area contributed by atoms with Crippen molar-refractivity contribution in [1.29, 1.82) is 0 Å². The molecule has 1 heterocycles. The summed E-state index contributed by atoms with van der Waals surface area (Å²) in [4.78, 5) is 45.5. The van der Waals surface area contributed by atoms with Gasteiger partial charge in [-0.05, 0) is 18.2 Å². The van der Waals surface area contributed by atoms with Crippen LogP contribution in [-0.4, -0.2) is 33.7 Å². The highest BCUT2D eigenvalue weighted by Crippen LogP contribution is 2.37. The number of nitro groups is 1. The molecule has 0 unspecified atom stereocenters. The Kier molecular flexibility index (Phi) is 6.40. The summed E-state index contributed by atoms with van der Waals surface area (Å²) < 4.78 is 15.9. The number of non-ortho nitro benzene ring substituents is 1. The van der Waals surface area contributed by atoms with Crippen molar-refractivity contribution in [3.63, 3.8) is 0 Å². The van der Waals surface area contributed by atoms with E-state index in [-0.39, 0.29) is 39.2 Å². The van der Waals surface area contributed by atoms with Gasteiger partial charge in [0.05, 0.1) is 4.92 Å². The number of hydrazone groups is 1. The van der Waals surface area contributed by atoms with Crippen LogP contribution in [0.25, 0.3) is 0 Å². The number of nitrogens with zero attached hydrogens (tertiary/aromatic N) is 3. The molecular weight excluding hydrogens is 446 g/mol. The summed E-state index contributed by atoms with van der Waals surface area (Å²) in [5.41, 5.74) is 0.112. The molecule has 0 fully saturated rings. The Bertz CT molecular complexity index is 1130. The standard InChI is InChI=1S/C20H16ClN3O8/c1-10(25)23-20(17-8-14(24(28)29)4-5-18(17)21)32-19(22-23)13-6-15(30-11(2)26)9-16(7-13)31-12(3)27/h4-9,20H,1-3H3/t20-/m0/s1. The highest BCUT2D eigenvalue weighted by Gasteiger charge is 2.35. The lowest BCUT2D eigenvalue weighted by molar-refractivity contribution is -0.385. The first kappa shape index (κ1) is 22.7. The molecule has 0 spiro atoms. The van der Waals surface area contributed by atoms with E-state index in [1.54, 1.807) is 0 Å². The SMILES string of the molecule is CC(=O)Oc1cc(OC(C)=O)cc(C2=NN(C(C)=O)[C@H](c3cc([N+](=O)[O-])ccc3Cl)O2)c1. The quantitative estimate of drug-likeness (QED) is 0.286. The summed E-state index contributed by atoms with van der Waals surface area (Å²) in [6, 6.07) is 7.82. The van der Waals surface area contributed by atoms with Crippen LogP contribution in [0.15, 0.2) is 41.5 Å². The minimum absolute atomic E-state index is 0.0451. The number of rotatable bonds is 5. The molecule has 12 heteroatoms. The highest BCUT2D eigenvalue weighted by atomic mass is 35.5. The zero-order valence-corrected chi connectivity index (χ0v) is 17.8. The van der Waals surface area contributed by atoms with Crippen molar-refractivity contribution in [1.82, 2.24) is 5.01 Å². The van der Waals surface area contributed by atoms with E-state index in [9.17, 15) is 24.5 Å². The smallest absolute Gasteiger partial charge is 0.308 e. The van der Waals surface area contributed by atoms with E-state index in [0.29, 0.717) is 0 Å². The van der Waals surface area contributed by atoms with Crippen LogP contribution in [0.1, 0.15) is 38.1 Å². The van der Waals surface area contributed by atoms with E-state index in [2.05, 4.69) is 5.10 Å². The Morgan fingerprint density at radius 1 is 1.06 bits per heavy atom. The fraction of sp³-hybridized carbons (Fsp3) is 0.200. The largest absolute Gasteiger partial charge is 0.446 e. The van der Waals surface area contributed by atoms with Crippen molar-refractivity contribution in [2.45, 2.75) is 27.0 Å². The maximum Gasteiger partial charge on any atom is 0.308 e. The van der Waals surface area contributed by atoms with Crippen LogP contribution in [0.3, 0.4) is 0 Å². The number of carbonyl (C=O) groups is 3. The van der Waals surface area contributed by atoms with Crippen molar-refractivity contribution >= 4 is 41.0 Å². The molecule has 0 saturated carbocycles. The predicted octanol–water partition coefficient (Wildman–Crippen LogP) is 3.34. The third-order valence-electron chi connectivity index (χ3n) is 4.07. The molecule has 1 amide bonds. The summed E-state index contributed by atoms with van der Waals surface area (Å²) >= 11 is 6.20. The summed E-state index contributed by atoms with van der Waals surface area (Å²) in [6.07, 6.45) is -1.19. The van der Waals surface area contributed by atoms with E-state index >= 15 is 0 Å². The van der Waals surface area contributed by atoms with Gasteiger partial charge in [0, 0.05) is 55.1 Å². The first-order chi connectivity index (χ1) is 15.0. The number of nitro benzene ring substituents is 1. The van der Waals surface area contributed by atoms with Crippen molar-refractivity contribution in [2.24, 2.45) is 5.10 Å². The van der Waals surface area contributed by atoms with Gasteiger partial charge in [-0.25, -0.2) is 0 Å². The van der Waals surface area contributed by atoms with Gasteiger partial charge in [-0.2, -0.15) is 5.01 Å². The number of hydrogen-bond acceptors (Lipinski definition) is 9. The predicted molar refractivity (Wildman–Crippen MR) is 110 cm³/mol. The van der Waals surface area contributed by atoms with Crippen LogP contribution in [-0.2, 0) is 19.1 Å². The maximum atomic E-state index is 12.2. The van der Waals surface area contributed by atoms with Gasteiger partial charge in [-0.15, -0.1) is 5.10 Å². The fourth-order valence-corrected chi connectivity index (χ4v) is 3.08. The number of hydrogen-bond donors (Lipinski definition) is 0. The molecule has 1 aliphatic rings. The van der Waals surface area contributed by atoms with Crippen LogP contribution in [0.2, 0.25) is 5.02 Å². The van der Waals surface area contributed by atoms with Gasteiger partial charge >= 0.3 is 11.9 Å². The third kappa shape index (κ3) is 5.01. The van der Waals surface area contributed by atoms with Crippen molar-refractivity contribution in [2.75, 3.05) is 0 Å². The molecule has 0 aliphatic carbocycles. The van der Waals surface area contributed by atoms with Gasteiger partial charge in [0.15, 0.2) is 0 Å². The van der Waals surface area contributed by atoms with Gasteiger partial charge in [-0.1, -0.05) is 11.6 Å². The molecule has 0 aromatic heterocycles. The van der Waals surface area contributed by atoms with Crippen molar-refractivity contribution in [3.8, 4) is 11.5 Å².